The number of fused-ring (bicyclic) bond motifs is 1. The first-order chi connectivity index (χ1) is 14.0. The molecule has 1 aliphatic rings. The van der Waals surface area contributed by atoms with Crippen LogP contribution in [0.1, 0.15) is 50.7 Å². The van der Waals surface area contributed by atoms with Gasteiger partial charge in [-0.2, -0.15) is 0 Å². The predicted octanol–water partition coefficient (Wildman–Crippen LogP) is 5.58. The molecular weight excluding hydrogens is 567 g/mol. The van der Waals surface area contributed by atoms with E-state index in [0.717, 1.165) is 26.3 Å². The van der Waals surface area contributed by atoms with Gasteiger partial charge in [-0.25, -0.2) is 0 Å². The van der Waals surface area contributed by atoms with E-state index in [1.807, 2.05) is 0 Å². The van der Waals surface area contributed by atoms with E-state index in [9.17, 15) is 0 Å². The third kappa shape index (κ3) is 3.89. The molecule has 3 aromatic rings. The summed E-state index contributed by atoms with van der Waals surface area (Å²) < 4.78 is 11.5. The molecule has 0 N–H and O–H groups in total. The molecule has 4 nitrogen and oxygen atoms in total. The average Bonchev–Trinajstić information content (AvgIpc) is 3.12. The molecule has 4 rings (SSSR count). The van der Waals surface area contributed by atoms with Crippen LogP contribution in [-0.2, 0) is 22.9 Å². The molecule has 1 aliphatic heterocycles. The third-order valence-corrected chi connectivity index (χ3v) is 7.79. The van der Waals surface area contributed by atoms with E-state index in [1.54, 1.807) is 0 Å². The van der Waals surface area contributed by atoms with E-state index in [1.165, 1.54) is 31.8 Å². The molecular formula is C23H29AuClN3O-2. The van der Waals surface area contributed by atoms with Gasteiger partial charge in [-0.15, -0.1) is 0 Å². The molecule has 1 aromatic carbocycles. The van der Waals surface area contributed by atoms with Crippen LogP contribution in [0.4, 0.5) is 5.82 Å². The SMILES string of the molecule is CC(C)c1cccc(C(C)C)c1-n1cc2cccc(N3CCOCC3)n2[c]1=[Au-2][Cl]. The molecule has 0 radical (unpaired) electrons. The minimum absolute atomic E-state index is 0.442. The summed E-state index contributed by atoms with van der Waals surface area (Å²) >= 11 is -0.538. The van der Waals surface area contributed by atoms with Gasteiger partial charge in [0.1, 0.15) is 0 Å². The maximum absolute atomic E-state index is 6.69. The number of benzene rings is 1. The number of para-hydroxylation sites is 1. The number of morpholine rings is 1. The summed E-state index contributed by atoms with van der Waals surface area (Å²) in [4.78, 5) is 2.41. The van der Waals surface area contributed by atoms with Gasteiger partial charge in [-0.1, -0.05) is 0 Å². The van der Waals surface area contributed by atoms with E-state index < -0.39 is 18.2 Å². The topological polar surface area (TPSA) is 21.8 Å². The summed E-state index contributed by atoms with van der Waals surface area (Å²) in [6, 6.07) is 13.3. The van der Waals surface area contributed by atoms with Gasteiger partial charge in [0, 0.05) is 0 Å². The number of aromatic nitrogens is 2. The zero-order valence-electron chi connectivity index (χ0n) is 17.5. The van der Waals surface area contributed by atoms with Gasteiger partial charge in [0.2, 0.25) is 0 Å². The Morgan fingerprint density at radius 3 is 2.14 bits per heavy atom. The second kappa shape index (κ2) is 8.83. The number of halogens is 1. The van der Waals surface area contributed by atoms with E-state index in [2.05, 4.69) is 84.2 Å². The first kappa shape index (κ1) is 21.0. The van der Waals surface area contributed by atoms with Crippen LogP contribution >= 0.6 is 9.19 Å². The molecule has 0 amide bonds. The molecule has 3 heterocycles. The number of imidazole rings is 1. The van der Waals surface area contributed by atoms with Crippen molar-refractivity contribution in [2.75, 3.05) is 31.2 Å². The van der Waals surface area contributed by atoms with Crippen molar-refractivity contribution < 1.29 is 22.9 Å². The number of rotatable bonds is 4. The number of hydrogen-bond donors (Lipinski definition) is 0. The molecule has 0 aliphatic carbocycles. The fourth-order valence-corrected chi connectivity index (χ4v) is 6.27. The Labute approximate surface area is 185 Å². The Bertz CT molecular complexity index is 1050. The maximum atomic E-state index is 6.69. The standard InChI is InChI=1S/C23H29N3O.Au.ClH/c1-17(2)20-8-6-9-21(18(3)4)23(20)25-15-19-7-5-10-22(26(19)16-25)24-11-13-27-14-12-24;;/h5-10,15,17-18H,11-14H2,1-4H3;;1H/q;-1;/p-1. The summed E-state index contributed by atoms with van der Waals surface area (Å²) in [5.41, 5.74) is 5.24. The van der Waals surface area contributed by atoms with Crippen LogP contribution in [-0.4, -0.2) is 35.3 Å². The molecule has 162 valence electrons. The van der Waals surface area contributed by atoms with E-state index in [-0.39, 0.29) is 0 Å². The minimum atomic E-state index is -0.538. The molecule has 1 saturated heterocycles. The van der Waals surface area contributed by atoms with Gasteiger partial charge in [-0.3, -0.25) is 0 Å². The summed E-state index contributed by atoms with van der Waals surface area (Å²) in [6.45, 7) is 12.5. The van der Waals surface area contributed by atoms with Crippen molar-refractivity contribution in [3.63, 3.8) is 0 Å². The van der Waals surface area contributed by atoms with E-state index in [0.29, 0.717) is 11.8 Å². The Kier molecular flexibility index (Phi) is 6.38. The van der Waals surface area contributed by atoms with Gasteiger partial charge < -0.3 is 0 Å². The van der Waals surface area contributed by atoms with Crippen LogP contribution in [0, 0.1) is 3.63 Å². The monoisotopic (exact) mass is 595 g/mol. The number of nitrogens with zero attached hydrogens (tertiary/aromatic N) is 3. The average molecular weight is 596 g/mol. The van der Waals surface area contributed by atoms with Crippen LogP contribution in [0.15, 0.2) is 42.6 Å². The molecule has 0 unspecified atom stereocenters. The van der Waals surface area contributed by atoms with Crippen molar-refractivity contribution in [2.24, 2.45) is 0 Å². The molecule has 29 heavy (non-hydrogen) atoms. The summed E-state index contributed by atoms with van der Waals surface area (Å²) in [5, 5.41) is 0. The first-order valence-electron chi connectivity index (χ1n) is 10.2. The van der Waals surface area contributed by atoms with Crippen LogP contribution in [0.2, 0.25) is 0 Å². The first-order valence-corrected chi connectivity index (χ1v) is 14.0. The van der Waals surface area contributed by atoms with Gasteiger partial charge in [0.15, 0.2) is 0 Å². The van der Waals surface area contributed by atoms with Crippen molar-refractivity contribution in [1.29, 1.82) is 0 Å². The van der Waals surface area contributed by atoms with E-state index >= 15 is 0 Å². The Hall–Kier alpha value is -1.30. The summed E-state index contributed by atoms with van der Waals surface area (Å²) in [7, 11) is 6.69. The van der Waals surface area contributed by atoms with Crippen LogP contribution in [0.3, 0.4) is 0 Å². The normalized spacial score (nSPS) is 16.4. The summed E-state index contributed by atoms with van der Waals surface area (Å²) in [5.74, 6) is 2.10. The van der Waals surface area contributed by atoms with Crippen molar-refractivity contribution >= 4 is 20.5 Å². The molecule has 1 fully saturated rings. The van der Waals surface area contributed by atoms with Gasteiger partial charge in [-0.05, 0) is 0 Å². The van der Waals surface area contributed by atoms with Crippen molar-refractivity contribution in [3.8, 4) is 5.69 Å². The third-order valence-electron chi connectivity index (χ3n) is 5.58. The Morgan fingerprint density at radius 1 is 0.931 bits per heavy atom. The van der Waals surface area contributed by atoms with Crippen LogP contribution < -0.4 is 4.90 Å². The van der Waals surface area contributed by atoms with Crippen molar-refractivity contribution in [1.82, 2.24) is 8.97 Å². The van der Waals surface area contributed by atoms with Crippen molar-refractivity contribution in [2.45, 2.75) is 39.5 Å². The molecule has 2 aromatic heterocycles. The second-order valence-corrected chi connectivity index (χ2v) is 10.4. The Morgan fingerprint density at radius 2 is 1.55 bits per heavy atom. The second-order valence-electron chi connectivity index (χ2n) is 8.13. The number of hydrogen-bond acceptors (Lipinski definition) is 2. The number of ether oxygens (including phenoxy) is 1. The summed E-state index contributed by atoms with van der Waals surface area (Å²) in [6.07, 6.45) is 2.27. The quantitative estimate of drug-likeness (QED) is 0.368. The van der Waals surface area contributed by atoms with Gasteiger partial charge in [0.25, 0.3) is 0 Å². The molecule has 0 atom stereocenters. The van der Waals surface area contributed by atoms with Crippen LogP contribution in [0.25, 0.3) is 11.2 Å². The molecule has 0 bridgehead atoms. The van der Waals surface area contributed by atoms with Crippen molar-refractivity contribution in [3.05, 3.63) is 57.4 Å². The Balaban J connectivity index is 2.02. The van der Waals surface area contributed by atoms with Gasteiger partial charge >= 0.3 is 186 Å². The fourth-order valence-electron chi connectivity index (χ4n) is 4.12. The zero-order valence-corrected chi connectivity index (χ0v) is 20.4. The number of pyridine rings is 1. The molecule has 0 saturated carbocycles. The number of anilines is 1. The predicted molar refractivity (Wildman–Crippen MR) is 117 cm³/mol. The van der Waals surface area contributed by atoms with Gasteiger partial charge in [0.05, 0.1) is 0 Å². The molecule has 0 spiro atoms. The zero-order chi connectivity index (χ0) is 20.5. The van der Waals surface area contributed by atoms with Crippen LogP contribution in [0.5, 0.6) is 0 Å². The fraction of sp³-hybridized carbons (Fsp3) is 0.435. The molecule has 6 heteroatoms. The van der Waals surface area contributed by atoms with E-state index in [4.69, 9.17) is 13.9 Å².